The van der Waals surface area contributed by atoms with Crippen LogP contribution < -0.4 is 11.1 Å². The number of hydrogen-bond acceptors (Lipinski definition) is 4. The first-order chi connectivity index (χ1) is 9.61. The maximum absolute atomic E-state index is 12.1. The largest absolute Gasteiger partial charge is 0.417 e. The monoisotopic (exact) mass is 286 g/mol. The molecule has 0 atom stereocenters. The van der Waals surface area contributed by atoms with E-state index in [4.69, 9.17) is 4.42 Å². The van der Waals surface area contributed by atoms with Crippen molar-refractivity contribution in [3.8, 4) is 0 Å². The number of nitrogens with one attached hydrogen (secondary N) is 2. The minimum Gasteiger partial charge on any atom is -0.408 e. The van der Waals surface area contributed by atoms with Crippen molar-refractivity contribution in [1.82, 2.24) is 4.98 Å². The number of oxazole rings is 1. The van der Waals surface area contributed by atoms with Gasteiger partial charge in [0.1, 0.15) is 0 Å². The van der Waals surface area contributed by atoms with Crippen LogP contribution >= 0.6 is 12.6 Å². The van der Waals surface area contributed by atoms with Gasteiger partial charge in [-0.2, -0.15) is 0 Å². The average Bonchev–Trinajstić information content (AvgIpc) is 2.80. The Morgan fingerprint density at radius 1 is 1.15 bits per heavy atom. The van der Waals surface area contributed by atoms with E-state index in [0.29, 0.717) is 22.4 Å². The number of amides is 1. The summed E-state index contributed by atoms with van der Waals surface area (Å²) in [5.74, 6) is -0.803. The number of rotatable bonds is 2. The minimum absolute atomic E-state index is 0.263. The van der Waals surface area contributed by atoms with Crippen molar-refractivity contribution in [2.24, 2.45) is 0 Å². The number of aromatic nitrogens is 1. The number of H-pyrrole nitrogens is 1. The second-order valence-electron chi connectivity index (χ2n) is 4.23. The normalized spacial score (nSPS) is 10.7. The molecule has 1 heterocycles. The van der Waals surface area contributed by atoms with Gasteiger partial charge in [-0.1, -0.05) is 0 Å². The lowest BCUT2D eigenvalue weighted by molar-refractivity contribution is 0.102. The molecule has 0 saturated heterocycles. The fourth-order valence-electron chi connectivity index (χ4n) is 1.84. The van der Waals surface area contributed by atoms with E-state index in [-0.39, 0.29) is 5.91 Å². The molecule has 2 N–H and O–H groups in total. The zero-order chi connectivity index (χ0) is 14.1. The molecule has 0 aliphatic heterocycles. The molecule has 3 aromatic rings. The Hall–Kier alpha value is -2.47. The first-order valence-corrected chi connectivity index (χ1v) is 6.30. The van der Waals surface area contributed by atoms with Crippen molar-refractivity contribution in [3.63, 3.8) is 0 Å². The molecule has 0 spiro atoms. The smallest absolute Gasteiger partial charge is 0.408 e. The molecule has 0 aliphatic carbocycles. The van der Waals surface area contributed by atoms with Gasteiger partial charge in [-0.25, -0.2) is 4.79 Å². The Morgan fingerprint density at radius 2 is 1.90 bits per heavy atom. The van der Waals surface area contributed by atoms with Crippen molar-refractivity contribution in [1.29, 1.82) is 0 Å². The van der Waals surface area contributed by atoms with Crippen molar-refractivity contribution in [3.05, 3.63) is 58.6 Å². The molecule has 0 unspecified atom stereocenters. The van der Waals surface area contributed by atoms with Gasteiger partial charge >= 0.3 is 5.76 Å². The molecule has 100 valence electrons. The molecule has 0 saturated carbocycles. The fraction of sp³-hybridized carbons (Fsp3) is 0. The van der Waals surface area contributed by atoms with E-state index in [1.165, 1.54) is 0 Å². The first kappa shape index (κ1) is 12.6. The highest BCUT2D eigenvalue weighted by molar-refractivity contribution is 7.80. The van der Waals surface area contributed by atoms with Crippen LogP contribution in [0, 0.1) is 0 Å². The maximum atomic E-state index is 12.1. The Morgan fingerprint density at radius 3 is 2.65 bits per heavy atom. The third-order valence-electron chi connectivity index (χ3n) is 2.81. The molecule has 5 nitrogen and oxygen atoms in total. The number of fused-ring (bicyclic) bond motifs is 1. The van der Waals surface area contributed by atoms with Gasteiger partial charge in [-0.05, 0) is 42.5 Å². The zero-order valence-corrected chi connectivity index (χ0v) is 11.1. The summed E-state index contributed by atoms with van der Waals surface area (Å²) < 4.78 is 4.88. The minimum atomic E-state index is -0.540. The van der Waals surface area contributed by atoms with Crippen LogP contribution in [0.5, 0.6) is 0 Å². The van der Waals surface area contributed by atoms with Crippen LogP contribution in [-0.2, 0) is 0 Å². The Kier molecular flexibility index (Phi) is 3.08. The van der Waals surface area contributed by atoms with Crippen molar-refractivity contribution in [2.45, 2.75) is 4.90 Å². The molecule has 3 rings (SSSR count). The summed E-state index contributed by atoms with van der Waals surface area (Å²) in [5, 5.41) is 2.76. The van der Waals surface area contributed by atoms with E-state index in [1.54, 1.807) is 42.5 Å². The Bertz CT molecular complexity index is 833. The van der Waals surface area contributed by atoms with E-state index in [0.717, 1.165) is 4.90 Å². The second-order valence-corrected chi connectivity index (χ2v) is 4.74. The topological polar surface area (TPSA) is 75.1 Å². The standard InChI is InChI=1S/C14H10N2O3S/c17-13(15-9-2-4-10(20)5-3-9)8-1-6-12-11(7-8)16-14(18)19-12/h1-7,20H,(H,15,17)(H,16,18). The molecule has 0 bridgehead atoms. The summed E-state index contributed by atoms with van der Waals surface area (Å²) in [6.07, 6.45) is 0. The van der Waals surface area contributed by atoms with Crippen LogP contribution in [0.1, 0.15) is 10.4 Å². The lowest BCUT2D eigenvalue weighted by Crippen LogP contribution is -2.11. The van der Waals surface area contributed by atoms with Crippen LogP contribution in [-0.4, -0.2) is 10.9 Å². The highest BCUT2D eigenvalue weighted by Crippen LogP contribution is 2.16. The fourth-order valence-corrected chi connectivity index (χ4v) is 1.99. The second kappa shape index (κ2) is 4.90. The summed E-state index contributed by atoms with van der Waals surface area (Å²) in [6.45, 7) is 0. The zero-order valence-electron chi connectivity index (χ0n) is 10.2. The number of thiol groups is 1. The highest BCUT2D eigenvalue weighted by atomic mass is 32.1. The number of carbonyl (C=O) groups excluding carboxylic acids is 1. The molecule has 20 heavy (non-hydrogen) atoms. The molecule has 0 radical (unpaired) electrons. The van der Waals surface area contributed by atoms with Gasteiger partial charge < -0.3 is 9.73 Å². The van der Waals surface area contributed by atoms with Gasteiger partial charge in [0.05, 0.1) is 5.52 Å². The third kappa shape index (κ3) is 2.46. The SMILES string of the molecule is O=C(Nc1ccc(S)cc1)c1ccc2oc(=O)[nH]c2c1. The van der Waals surface area contributed by atoms with Gasteiger partial charge in [0.15, 0.2) is 5.58 Å². The molecule has 2 aromatic carbocycles. The summed E-state index contributed by atoms with van der Waals surface area (Å²) in [6, 6.07) is 11.9. The van der Waals surface area contributed by atoms with Gasteiger partial charge in [0, 0.05) is 16.1 Å². The van der Waals surface area contributed by atoms with Crippen LogP contribution in [0.25, 0.3) is 11.1 Å². The summed E-state index contributed by atoms with van der Waals surface area (Å²) in [7, 11) is 0. The highest BCUT2D eigenvalue weighted by Gasteiger charge is 2.09. The number of carbonyl (C=O) groups is 1. The summed E-state index contributed by atoms with van der Waals surface area (Å²) >= 11 is 4.18. The quantitative estimate of drug-likeness (QED) is 0.634. The maximum Gasteiger partial charge on any atom is 0.417 e. The number of hydrogen-bond donors (Lipinski definition) is 3. The molecule has 6 heteroatoms. The van der Waals surface area contributed by atoms with Gasteiger partial charge in [0.2, 0.25) is 0 Å². The van der Waals surface area contributed by atoms with Crippen molar-refractivity contribution in [2.75, 3.05) is 5.32 Å². The van der Waals surface area contributed by atoms with E-state index in [9.17, 15) is 9.59 Å². The van der Waals surface area contributed by atoms with Crippen LogP contribution in [0.15, 0.2) is 56.6 Å². The average molecular weight is 286 g/mol. The molecular formula is C14H10N2O3S. The third-order valence-corrected chi connectivity index (χ3v) is 3.10. The predicted octanol–water partition coefficient (Wildman–Crippen LogP) is 2.66. The van der Waals surface area contributed by atoms with E-state index < -0.39 is 5.76 Å². The van der Waals surface area contributed by atoms with Crippen LogP contribution in [0.4, 0.5) is 5.69 Å². The summed E-state index contributed by atoms with van der Waals surface area (Å²) in [4.78, 5) is 26.5. The molecule has 1 aromatic heterocycles. The lowest BCUT2D eigenvalue weighted by atomic mass is 10.2. The molecule has 0 aliphatic rings. The van der Waals surface area contributed by atoms with Crippen LogP contribution in [0.3, 0.4) is 0 Å². The van der Waals surface area contributed by atoms with E-state index in [2.05, 4.69) is 22.9 Å². The predicted molar refractivity (Wildman–Crippen MR) is 78.5 cm³/mol. The molecular weight excluding hydrogens is 276 g/mol. The van der Waals surface area contributed by atoms with E-state index >= 15 is 0 Å². The number of anilines is 1. The Balaban J connectivity index is 1.88. The van der Waals surface area contributed by atoms with Crippen molar-refractivity contribution < 1.29 is 9.21 Å². The Labute approximate surface area is 119 Å². The number of benzene rings is 2. The van der Waals surface area contributed by atoms with Gasteiger partial charge in [-0.3, -0.25) is 9.78 Å². The number of aromatic amines is 1. The van der Waals surface area contributed by atoms with Gasteiger partial charge in [-0.15, -0.1) is 12.6 Å². The molecule has 1 amide bonds. The summed E-state index contributed by atoms with van der Waals surface area (Å²) in [5.41, 5.74) is 2.03. The van der Waals surface area contributed by atoms with Gasteiger partial charge in [0.25, 0.3) is 5.91 Å². The van der Waals surface area contributed by atoms with Crippen LogP contribution in [0.2, 0.25) is 0 Å². The van der Waals surface area contributed by atoms with Crippen molar-refractivity contribution >= 4 is 35.3 Å². The lowest BCUT2D eigenvalue weighted by Gasteiger charge is -2.05. The molecule has 0 fully saturated rings. The first-order valence-electron chi connectivity index (χ1n) is 5.85. The van der Waals surface area contributed by atoms with E-state index in [1.807, 2.05) is 0 Å².